The molecular formula is C19H22N2O4S3. The zero-order valence-electron chi connectivity index (χ0n) is 16.1. The lowest BCUT2D eigenvalue weighted by Crippen LogP contribution is -2.36. The number of carboxylic acid groups (broad SMARTS) is 1. The maximum Gasteiger partial charge on any atom is 0.415 e. The number of rotatable bonds is 6. The van der Waals surface area contributed by atoms with Gasteiger partial charge in [0.1, 0.15) is 16.1 Å². The van der Waals surface area contributed by atoms with Crippen molar-refractivity contribution in [1.29, 1.82) is 0 Å². The molecule has 0 saturated heterocycles. The van der Waals surface area contributed by atoms with Crippen LogP contribution in [0.5, 0.6) is 0 Å². The number of hydrogen-bond acceptors (Lipinski definition) is 7. The van der Waals surface area contributed by atoms with Gasteiger partial charge in [0.05, 0.1) is 17.7 Å². The summed E-state index contributed by atoms with van der Waals surface area (Å²) in [5.41, 5.74) is 1.22. The first-order valence-electron chi connectivity index (χ1n) is 8.78. The molecule has 3 aromatic heterocycles. The van der Waals surface area contributed by atoms with Gasteiger partial charge in [-0.15, -0.1) is 22.7 Å². The van der Waals surface area contributed by atoms with E-state index in [1.54, 1.807) is 16.2 Å². The number of nitrogens with zero attached hydrogens (tertiary/aromatic N) is 2. The zero-order valence-corrected chi connectivity index (χ0v) is 18.6. The van der Waals surface area contributed by atoms with E-state index in [0.29, 0.717) is 13.0 Å². The number of carbonyl (C=O) groups excluding carboxylic acids is 1. The van der Waals surface area contributed by atoms with Crippen molar-refractivity contribution >= 4 is 61.5 Å². The van der Waals surface area contributed by atoms with Gasteiger partial charge in [0.25, 0.3) is 0 Å². The number of aromatic nitrogens is 1. The normalized spacial score (nSPS) is 11.7. The molecule has 0 saturated carbocycles. The fourth-order valence-electron chi connectivity index (χ4n) is 2.66. The Morgan fingerprint density at radius 3 is 2.68 bits per heavy atom. The van der Waals surface area contributed by atoms with Gasteiger partial charge in [-0.2, -0.15) is 4.37 Å². The molecule has 28 heavy (non-hydrogen) atoms. The van der Waals surface area contributed by atoms with Crippen LogP contribution < -0.4 is 4.90 Å². The second-order valence-corrected chi connectivity index (χ2v) is 10.2. The van der Waals surface area contributed by atoms with E-state index in [-0.39, 0.29) is 6.42 Å². The van der Waals surface area contributed by atoms with E-state index >= 15 is 0 Å². The predicted octanol–water partition coefficient (Wildman–Crippen LogP) is 5.69. The summed E-state index contributed by atoms with van der Waals surface area (Å²) in [5.74, 6) is -0.823. The van der Waals surface area contributed by atoms with Crippen LogP contribution >= 0.6 is 34.2 Å². The summed E-state index contributed by atoms with van der Waals surface area (Å²) in [6.45, 7) is 7.89. The molecule has 150 valence electrons. The standard InChI is InChI=1S/C19H22N2O4S3/c1-11-13(7-8-14(22)23)27-16-15(11)20-28-17(16)21(10-12-6-5-9-26-12)18(24)25-19(2,3)4/h5-6,9H,7-8,10H2,1-4H3,(H,22,23). The number of aryl methyl sites for hydroxylation is 2. The molecule has 6 nitrogen and oxygen atoms in total. The van der Waals surface area contributed by atoms with Crippen molar-refractivity contribution in [2.24, 2.45) is 0 Å². The molecular weight excluding hydrogens is 416 g/mol. The number of carbonyl (C=O) groups is 2. The monoisotopic (exact) mass is 438 g/mol. The maximum absolute atomic E-state index is 12.9. The van der Waals surface area contributed by atoms with Gasteiger partial charge < -0.3 is 9.84 Å². The van der Waals surface area contributed by atoms with E-state index in [0.717, 1.165) is 30.5 Å². The highest BCUT2D eigenvalue weighted by atomic mass is 32.1. The van der Waals surface area contributed by atoms with E-state index < -0.39 is 17.7 Å². The van der Waals surface area contributed by atoms with E-state index in [9.17, 15) is 9.59 Å². The Morgan fingerprint density at radius 2 is 2.07 bits per heavy atom. The van der Waals surface area contributed by atoms with Crippen LogP contribution in [-0.2, 0) is 22.5 Å². The van der Waals surface area contributed by atoms with Gasteiger partial charge in [0, 0.05) is 9.75 Å². The number of hydrogen-bond donors (Lipinski definition) is 1. The molecule has 0 aromatic carbocycles. The minimum absolute atomic E-state index is 0.0771. The van der Waals surface area contributed by atoms with Crippen LogP contribution in [0.25, 0.3) is 10.2 Å². The summed E-state index contributed by atoms with van der Waals surface area (Å²) in [4.78, 5) is 27.6. The molecule has 0 aliphatic heterocycles. The highest BCUT2D eigenvalue weighted by Crippen LogP contribution is 2.41. The minimum Gasteiger partial charge on any atom is -0.481 e. The first-order valence-corrected chi connectivity index (χ1v) is 11.2. The molecule has 3 rings (SSSR count). The number of anilines is 1. The molecule has 0 fully saturated rings. The molecule has 3 aromatic rings. The smallest absolute Gasteiger partial charge is 0.415 e. The van der Waals surface area contributed by atoms with Crippen LogP contribution in [0.2, 0.25) is 0 Å². The number of aliphatic carboxylic acids is 1. The molecule has 1 N–H and O–H groups in total. The van der Waals surface area contributed by atoms with Gasteiger partial charge in [-0.25, -0.2) is 4.79 Å². The summed E-state index contributed by atoms with van der Waals surface area (Å²) in [6, 6.07) is 3.94. The van der Waals surface area contributed by atoms with Crippen molar-refractivity contribution in [2.45, 2.75) is 52.7 Å². The molecule has 0 aliphatic carbocycles. The molecule has 9 heteroatoms. The molecule has 0 spiro atoms. The van der Waals surface area contributed by atoms with Crippen molar-refractivity contribution in [3.63, 3.8) is 0 Å². The van der Waals surface area contributed by atoms with Crippen LogP contribution in [0.4, 0.5) is 9.80 Å². The van der Waals surface area contributed by atoms with Crippen molar-refractivity contribution in [3.8, 4) is 0 Å². The lowest BCUT2D eigenvalue weighted by atomic mass is 10.2. The van der Waals surface area contributed by atoms with E-state index in [2.05, 4.69) is 4.37 Å². The average molecular weight is 439 g/mol. The Kier molecular flexibility index (Phi) is 6.07. The molecule has 0 aliphatic rings. The molecule has 3 heterocycles. The second-order valence-electron chi connectivity index (χ2n) is 7.36. The number of carboxylic acids is 1. The third-order valence-electron chi connectivity index (χ3n) is 3.95. The fourth-order valence-corrected chi connectivity index (χ4v) is 5.66. The minimum atomic E-state index is -0.823. The largest absolute Gasteiger partial charge is 0.481 e. The quantitative estimate of drug-likeness (QED) is 0.535. The number of amides is 1. The highest BCUT2D eigenvalue weighted by Gasteiger charge is 2.28. The Hall–Kier alpha value is -1.97. The summed E-state index contributed by atoms with van der Waals surface area (Å²) < 4.78 is 11.1. The number of fused-ring (bicyclic) bond motifs is 1. The topological polar surface area (TPSA) is 79.7 Å². The van der Waals surface area contributed by atoms with Gasteiger partial charge in [-0.1, -0.05) is 6.07 Å². The lowest BCUT2D eigenvalue weighted by Gasteiger charge is -2.26. The summed E-state index contributed by atoms with van der Waals surface area (Å²) >= 11 is 4.37. The number of thiophene rings is 2. The maximum atomic E-state index is 12.9. The molecule has 0 radical (unpaired) electrons. The molecule has 0 unspecified atom stereocenters. The Bertz CT molecular complexity index is 983. The summed E-state index contributed by atoms with van der Waals surface area (Å²) in [7, 11) is 0. The Morgan fingerprint density at radius 1 is 1.32 bits per heavy atom. The third kappa shape index (κ3) is 4.71. The Balaban J connectivity index is 1.98. The van der Waals surface area contributed by atoms with Gasteiger partial charge in [-0.3, -0.25) is 9.69 Å². The van der Waals surface area contributed by atoms with Gasteiger partial charge >= 0.3 is 12.1 Å². The third-order valence-corrected chi connectivity index (χ3v) is 7.16. The summed E-state index contributed by atoms with van der Waals surface area (Å²) in [6.07, 6.45) is 0.127. The summed E-state index contributed by atoms with van der Waals surface area (Å²) in [5, 5.41) is 11.7. The fraction of sp³-hybridized carbons (Fsp3) is 0.421. The van der Waals surface area contributed by atoms with E-state index in [4.69, 9.17) is 9.84 Å². The van der Waals surface area contributed by atoms with Crippen molar-refractivity contribution < 1.29 is 19.4 Å². The van der Waals surface area contributed by atoms with Crippen LogP contribution in [-0.4, -0.2) is 27.1 Å². The zero-order chi connectivity index (χ0) is 20.5. The van der Waals surface area contributed by atoms with E-state index in [1.807, 2.05) is 45.2 Å². The van der Waals surface area contributed by atoms with Crippen LogP contribution in [0.1, 0.15) is 42.5 Å². The molecule has 0 atom stereocenters. The lowest BCUT2D eigenvalue weighted by molar-refractivity contribution is -0.136. The van der Waals surface area contributed by atoms with Crippen LogP contribution in [0.15, 0.2) is 17.5 Å². The second kappa shape index (κ2) is 8.18. The van der Waals surface area contributed by atoms with Crippen LogP contribution in [0, 0.1) is 6.92 Å². The molecule has 1 amide bonds. The van der Waals surface area contributed by atoms with Crippen molar-refractivity contribution in [1.82, 2.24) is 4.37 Å². The van der Waals surface area contributed by atoms with Gasteiger partial charge in [0.15, 0.2) is 0 Å². The first-order chi connectivity index (χ1) is 13.2. The molecule has 0 bridgehead atoms. The van der Waals surface area contributed by atoms with Gasteiger partial charge in [0.2, 0.25) is 0 Å². The first kappa shape index (κ1) is 20.8. The van der Waals surface area contributed by atoms with Gasteiger partial charge in [-0.05, 0) is 62.7 Å². The van der Waals surface area contributed by atoms with Crippen molar-refractivity contribution in [2.75, 3.05) is 4.90 Å². The predicted molar refractivity (Wildman–Crippen MR) is 115 cm³/mol. The van der Waals surface area contributed by atoms with Crippen molar-refractivity contribution in [3.05, 3.63) is 32.8 Å². The highest BCUT2D eigenvalue weighted by molar-refractivity contribution is 7.25. The van der Waals surface area contributed by atoms with E-state index in [1.165, 1.54) is 22.9 Å². The van der Waals surface area contributed by atoms with Crippen LogP contribution in [0.3, 0.4) is 0 Å². The average Bonchev–Trinajstić information content (AvgIpc) is 3.28. The number of ether oxygens (including phenoxy) is 1. The SMILES string of the molecule is Cc1c(CCC(=O)O)sc2c(N(Cc3cccs3)C(=O)OC(C)(C)C)snc12. The Labute approximate surface area is 175 Å².